The average molecular weight is 515 g/mol. The summed E-state index contributed by atoms with van der Waals surface area (Å²) in [7, 11) is 0. The van der Waals surface area contributed by atoms with Gasteiger partial charge in [-0.3, -0.25) is 4.79 Å². The first-order chi connectivity index (χ1) is 18.5. The van der Waals surface area contributed by atoms with Crippen molar-refractivity contribution in [2.24, 2.45) is 0 Å². The predicted molar refractivity (Wildman–Crippen MR) is 155 cm³/mol. The number of hydrogen-bond donors (Lipinski definition) is 0. The maximum absolute atomic E-state index is 13.0. The van der Waals surface area contributed by atoms with Gasteiger partial charge < -0.3 is 9.47 Å². The van der Waals surface area contributed by atoms with Gasteiger partial charge in [-0.25, -0.2) is 4.39 Å². The largest absolute Gasteiger partial charge is 0.494 e. The normalized spacial score (nSPS) is 11.0. The van der Waals surface area contributed by atoms with Gasteiger partial charge in [0.1, 0.15) is 17.3 Å². The van der Waals surface area contributed by atoms with Crippen molar-refractivity contribution in [3.63, 3.8) is 0 Å². The summed E-state index contributed by atoms with van der Waals surface area (Å²) in [6.45, 7) is 7.45. The van der Waals surface area contributed by atoms with Crippen molar-refractivity contribution in [1.29, 1.82) is 0 Å². The van der Waals surface area contributed by atoms with Crippen molar-refractivity contribution in [1.82, 2.24) is 0 Å². The maximum atomic E-state index is 13.0. The van der Waals surface area contributed by atoms with Crippen LogP contribution in [0.5, 0.6) is 11.5 Å². The molecule has 0 aliphatic heterocycles. The molecule has 0 amide bonds. The van der Waals surface area contributed by atoms with E-state index in [-0.39, 0.29) is 11.6 Å². The summed E-state index contributed by atoms with van der Waals surface area (Å²) in [5, 5.41) is 0. The molecule has 0 radical (unpaired) electrons. The molecule has 0 bridgehead atoms. The Hall–Kier alpha value is -3.66. The zero-order valence-corrected chi connectivity index (χ0v) is 22.5. The highest BCUT2D eigenvalue weighted by Crippen LogP contribution is 2.18. The van der Waals surface area contributed by atoms with E-state index in [1.165, 1.54) is 68.9 Å². The van der Waals surface area contributed by atoms with Gasteiger partial charge in [-0.05, 0) is 85.5 Å². The SMILES string of the molecule is C=C(C)c1ccc(OCCCCCCCCCCOc2ccc(C=CC(=O)c3ccc(F)cc3)cc2)cc1. The molecule has 0 saturated carbocycles. The van der Waals surface area contributed by atoms with E-state index in [0.29, 0.717) is 12.2 Å². The molecule has 200 valence electrons. The van der Waals surface area contributed by atoms with Crippen LogP contribution in [0.15, 0.2) is 85.5 Å². The standard InChI is InChI=1S/C34H39FO3/c1-27(2)29-16-22-33(23-17-29)38-26-10-8-6-4-3-5-7-9-25-37-32-20-11-28(12-21-32)13-24-34(36)30-14-18-31(35)19-15-30/h11-24H,1,3-10,25-26H2,2H3. The fourth-order valence-corrected chi connectivity index (χ4v) is 4.04. The number of halogens is 1. The summed E-state index contributed by atoms with van der Waals surface area (Å²) in [5.74, 6) is 1.26. The first-order valence-corrected chi connectivity index (χ1v) is 13.6. The lowest BCUT2D eigenvalue weighted by atomic mass is 10.1. The fraction of sp³-hybridized carbons (Fsp3) is 0.324. The second kappa shape index (κ2) is 16.2. The number of ether oxygens (including phenoxy) is 2. The molecule has 0 heterocycles. The lowest BCUT2D eigenvalue weighted by Crippen LogP contribution is -1.98. The Balaban J connectivity index is 1.17. The third kappa shape index (κ3) is 10.8. The van der Waals surface area contributed by atoms with Crippen LogP contribution in [0.1, 0.15) is 79.8 Å². The molecule has 3 rings (SSSR count). The molecule has 0 spiro atoms. The molecule has 38 heavy (non-hydrogen) atoms. The molecule has 3 nitrogen and oxygen atoms in total. The number of carbonyl (C=O) groups excluding carboxylic acids is 1. The van der Waals surface area contributed by atoms with Crippen LogP contribution in [0.4, 0.5) is 4.39 Å². The number of carbonyl (C=O) groups is 1. The van der Waals surface area contributed by atoms with Crippen LogP contribution in [-0.2, 0) is 0 Å². The van der Waals surface area contributed by atoms with E-state index in [1.54, 1.807) is 6.08 Å². The van der Waals surface area contributed by atoms with Crippen LogP contribution in [0.25, 0.3) is 11.6 Å². The molecule has 3 aromatic rings. The molecular weight excluding hydrogens is 475 g/mol. The summed E-state index contributed by atoms with van der Waals surface area (Å²) in [6.07, 6.45) is 12.8. The van der Waals surface area contributed by atoms with Crippen molar-refractivity contribution in [2.45, 2.75) is 58.3 Å². The van der Waals surface area contributed by atoms with Crippen LogP contribution in [-0.4, -0.2) is 19.0 Å². The number of ketones is 1. The minimum atomic E-state index is -0.351. The monoisotopic (exact) mass is 514 g/mol. The van der Waals surface area contributed by atoms with E-state index in [2.05, 4.69) is 18.7 Å². The summed E-state index contributed by atoms with van der Waals surface area (Å²) >= 11 is 0. The van der Waals surface area contributed by atoms with Gasteiger partial charge in [0.15, 0.2) is 5.78 Å². The van der Waals surface area contributed by atoms with E-state index in [1.807, 2.05) is 43.3 Å². The molecule has 0 unspecified atom stereocenters. The van der Waals surface area contributed by atoms with Gasteiger partial charge in [0.25, 0.3) is 0 Å². The average Bonchev–Trinajstić information content (AvgIpc) is 2.93. The van der Waals surface area contributed by atoms with Crippen molar-refractivity contribution in [2.75, 3.05) is 13.2 Å². The first-order valence-electron chi connectivity index (χ1n) is 13.6. The van der Waals surface area contributed by atoms with E-state index in [4.69, 9.17) is 9.47 Å². The quantitative estimate of drug-likeness (QED) is 0.102. The second-order valence-corrected chi connectivity index (χ2v) is 9.60. The second-order valence-electron chi connectivity index (χ2n) is 9.60. The summed E-state index contributed by atoms with van der Waals surface area (Å²) < 4.78 is 24.7. The fourth-order valence-electron chi connectivity index (χ4n) is 4.04. The van der Waals surface area contributed by atoms with Crippen LogP contribution < -0.4 is 9.47 Å². The topological polar surface area (TPSA) is 35.5 Å². The van der Waals surface area contributed by atoms with Crippen molar-refractivity contribution in [3.8, 4) is 11.5 Å². The lowest BCUT2D eigenvalue weighted by molar-refractivity contribution is 0.104. The van der Waals surface area contributed by atoms with E-state index >= 15 is 0 Å². The highest BCUT2D eigenvalue weighted by atomic mass is 19.1. The Bertz CT molecular complexity index is 1150. The Labute approximate surface area is 227 Å². The van der Waals surface area contributed by atoms with Crippen LogP contribution in [0, 0.1) is 5.82 Å². The Morgan fingerprint density at radius 3 is 1.63 bits per heavy atom. The summed E-state index contributed by atoms with van der Waals surface area (Å²) in [4.78, 5) is 12.2. The maximum Gasteiger partial charge on any atom is 0.185 e. The number of hydrogen-bond acceptors (Lipinski definition) is 3. The van der Waals surface area contributed by atoms with E-state index < -0.39 is 0 Å². The third-order valence-corrected chi connectivity index (χ3v) is 6.36. The van der Waals surface area contributed by atoms with Gasteiger partial charge in [-0.2, -0.15) is 0 Å². The molecule has 0 aromatic heterocycles. The molecule has 0 aliphatic carbocycles. The van der Waals surface area contributed by atoms with Crippen molar-refractivity contribution >= 4 is 17.4 Å². The zero-order chi connectivity index (χ0) is 27.0. The summed E-state index contributed by atoms with van der Waals surface area (Å²) in [6, 6.07) is 21.4. The van der Waals surface area contributed by atoms with Gasteiger partial charge in [0.05, 0.1) is 13.2 Å². The Morgan fingerprint density at radius 1 is 0.684 bits per heavy atom. The van der Waals surface area contributed by atoms with Gasteiger partial charge in [0.2, 0.25) is 0 Å². The Morgan fingerprint density at radius 2 is 1.13 bits per heavy atom. The molecule has 0 atom stereocenters. The van der Waals surface area contributed by atoms with Crippen molar-refractivity contribution < 1.29 is 18.7 Å². The minimum absolute atomic E-state index is 0.153. The molecule has 0 N–H and O–H groups in total. The highest BCUT2D eigenvalue weighted by Gasteiger charge is 2.02. The van der Waals surface area contributed by atoms with Crippen molar-refractivity contribution in [3.05, 3.63) is 108 Å². The van der Waals surface area contributed by atoms with E-state index in [0.717, 1.165) is 47.6 Å². The number of benzene rings is 3. The minimum Gasteiger partial charge on any atom is -0.494 e. The third-order valence-electron chi connectivity index (χ3n) is 6.36. The molecule has 0 aliphatic rings. The zero-order valence-electron chi connectivity index (χ0n) is 22.5. The van der Waals surface area contributed by atoms with Gasteiger partial charge >= 0.3 is 0 Å². The number of unbranched alkanes of at least 4 members (excludes halogenated alkanes) is 7. The molecule has 4 heteroatoms. The lowest BCUT2D eigenvalue weighted by Gasteiger charge is -2.08. The molecule has 0 fully saturated rings. The molecule has 0 saturated heterocycles. The smallest absolute Gasteiger partial charge is 0.185 e. The highest BCUT2D eigenvalue weighted by molar-refractivity contribution is 6.06. The summed E-state index contributed by atoms with van der Waals surface area (Å²) in [5.41, 5.74) is 3.60. The molecular formula is C34H39FO3. The van der Waals surface area contributed by atoms with Crippen LogP contribution >= 0.6 is 0 Å². The van der Waals surface area contributed by atoms with Gasteiger partial charge in [0, 0.05) is 5.56 Å². The number of allylic oxidation sites excluding steroid dienone is 2. The van der Waals surface area contributed by atoms with Gasteiger partial charge in [-0.1, -0.05) is 81.0 Å². The van der Waals surface area contributed by atoms with Crippen LogP contribution in [0.2, 0.25) is 0 Å². The van der Waals surface area contributed by atoms with E-state index in [9.17, 15) is 9.18 Å². The first kappa shape index (κ1) is 28.9. The molecule has 3 aromatic carbocycles. The van der Waals surface area contributed by atoms with Crippen LogP contribution in [0.3, 0.4) is 0 Å². The van der Waals surface area contributed by atoms with Gasteiger partial charge in [-0.15, -0.1) is 0 Å². The predicted octanol–water partition coefficient (Wildman–Crippen LogP) is 9.33. The Kier molecular flexibility index (Phi) is 12.4. The number of rotatable bonds is 17.